The predicted octanol–water partition coefficient (Wildman–Crippen LogP) is 11.0. The molecule has 0 aliphatic heterocycles. The van der Waals surface area contributed by atoms with Crippen molar-refractivity contribution in [1.29, 1.82) is 0 Å². The second-order valence-electron chi connectivity index (χ2n) is 10.8. The normalized spacial score (nSPS) is 11.3. The van der Waals surface area contributed by atoms with Gasteiger partial charge in [-0.25, -0.2) is 15.0 Å². The van der Waals surface area contributed by atoms with Crippen LogP contribution >= 0.6 is 0 Å². The number of unbranched alkanes of at least 4 members (excludes halogenated alkanes) is 26. The van der Waals surface area contributed by atoms with E-state index in [1.807, 2.05) is 0 Å². The third-order valence-electron chi connectivity index (χ3n) is 7.40. The van der Waals surface area contributed by atoms with Crippen LogP contribution in [-0.2, 0) is 0 Å². The average Bonchev–Trinajstić information content (AvgIpc) is 2.89. The van der Waals surface area contributed by atoms with Crippen molar-refractivity contribution in [2.75, 3.05) is 0 Å². The molecule has 1 aromatic rings. The molecule has 3 nitrogen and oxygen atoms in total. The van der Waals surface area contributed by atoms with Crippen molar-refractivity contribution in [3.63, 3.8) is 0 Å². The van der Waals surface area contributed by atoms with Crippen LogP contribution in [0.4, 0.5) is 0 Å². The third-order valence-corrected chi connectivity index (χ3v) is 7.40. The van der Waals surface area contributed by atoms with Gasteiger partial charge in [0.25, 0.3) is 0 Å². The van der Waals surface area contributed by atoms with Gasteiger partial charge in [-0.2, -0.15) is 0 Å². The Morgan fingerprint density at radius 3 is 1.03 bits per heavy atom. The van der Waals surface area contributed by atoms with Gasteiger partial charge in [-0.15, -0.1) is 0 Å². The Morgan fingerprint density at radius 1 is 0.429 bits per heavy atom. The van der Waals surface area contributed by atoms with Crippen molar-refractivity contribution in [3.8, 4) is 0 Å². The zero-order valence-corrected chi connectivity index (χ0v) is 23.7. The van der Waals surface area contributed by atoms with E-state index in [2.05, 4.69) is 28.3 Å². The summed E-state index contributed by atoms with van der Waals surface area (Å²) in [4.78, 5) is 12.1. The topological polar surface area (TPSA) is 38.7 Å². The molecular formula is C32H60N3. The van der Waals surface area contributed by atoms with Crippen molar-refractivity contribution >= 4 is 0 Å². The van der Waals surface area contributed by atoms with Crippen LogP contribution in [0, 0.1) is 6.42 Å². The summed E-state index contributed by atoms with van der Waals surface area (Å²) in [6.07, 6.45) is 43.9. The first-order valence-corrected chi connectivity index (χ1v) is 15.9. The van der Waals surface area contributed by atoms with Gasteiger partial charge in [-0.3, -0.25) is 0 Å². The van der Waals surface area contributed by atoms with E-state index in [-0.39, 0.29) is 0 Å². The highest BCUT2D eigenvalue weighted by Gasteiger charge is 1.98. The summed E-state index contributed by atoms with van der Waals surface area (Å²) >= 11 is 0. The first-order valence-electron chi connectivity index (χ1n) is 15.9. The molecule has 1 rings (SSSR count). The Bertz CT molecular complexity index is 505. The Hall–Kier alpha value is -0.990. The van der Waals surface area contributed by atoms with Gasteiger partial charge in [0.05, 0.1) is 0 Å². The Labute approximate surface area is 220 Å². The minimum atomic E-state index is 0.819. The molecule has 0 N–H and O–H groups in total. The van der Waals surface area contributed by atoms with Crippen molar-refractivity contribution in [1.82, 2.24) is 15.0 Å². The maximum Gasteiger partial charge on any atom is 0.135 e. The highest BCUT2D eigenvalue weighted by atomic mass is 15.0. The molecule has 0 saturated carbocycles. The predicted molar refractivity (Wildman–Crippen MR) is 154 cm³/mol. The number of rotatable bonds is 28. The summed E-state index contributed by atoms with van der Waals surface area (Å²) in [7, 11) is 0. The second-order valence-corrected chi connectivity index (χ2v) is 10.8. The standard InChI is InChI=1S/C32H60N3/c1-2-3-4-5-6-7-8-9-10-11-12-13-14-15-16-17-18-19-20-21-22-23-24-25-26-27-28-29-32-34-30-33-31-35-32/h29-31H,2-28H2,1H3. The van der Waals surface area contributed by atoms with E-state index < -0.39 is 0 Å². The smallest absolute Gasteiger partial charge is 0.135 e. The summed E-state index contributed by atoms with van der Waals surface area (Å²) in [6.45, 7) is 2.30. The molecule has 0 fully saturated rings. The maximum atomic E-state index is 4.13. The van der Waals surface area contributed by atoms with Gasteiger partial charge in [0.1, 0.15) is 18.5 Å². The monoisotopic (exact) mass is 486 g/mol. The van der Waals surface area contributed by atoms with Gasteiger partial charge < -0.3 is 0 Å². The molecule has 0 amide bonds. The van der Waals surface area contributed by atoms with Gasteiger partial charge in [-0.05, 0) is 6.42 Å². The van der Waals surface area contributed by atoms with Gasteiger partial charge in [0.15, 0.2) is 0 Å². The summed E-state index contributed by atoms with van der Waals surface area (Å²) in [5, 5.41) is 0. The zero-order valence-electron chi connectivity index (χ0n) is 23.7. The number of nitrogens with zero attached hydrogens (tertiary/aromatic N) is 3. The number of hydrogen-bond donors (Lipinski definition) is 0. The maximum absolute atomic E-state index is 4.13. The van der Waals surface area contributed by atoms with Gasteiger partial charge in [-0.1, -0.05) is 174 Å². The first kappa shape index (κ1) is 32.0. The van der Waals surface area contributed by atoms with Crippen LogP contribution in [0.2, 0.25) is 0 Å². The second kappa shape index (κ2) is 27.6. The van der Waals surface area contributed by atoms with E-state index in [1.165, 1.54) is 167 Å². The first-order chi connectivity index (χ1) is 17.4. The molecular weight excluding hydrogens is 426 g/mol. The summed E-state index contributed by atoms with van der Waals surface area (Å²) < 4.78 is 0. The molecule has 0 aromatic carbocycles. The molecule has 0 bridgehead atoms. The largest absolute Gasteiger partial charge is 0.225 e. The third kappa shape index (κ3) is 24.5. The Kier molecular flexibility index (Phi) is 25.3. The van der Waals surface area contributed by atoms with Crippen LogP contribution in [0.15, 0.2) is 12.7 Å². The molecule has 1 heterocycles. The highest BCUT2D eigenvalue weighted by molar-refractivity contribution is 4.96. The number of aromatic nitrogens is 3. The zero-order chi connectivity index (χ0) is 24.9. The van der Waals surface area contributed by atoms with E-state index in [1.54, 1.807) is 12.7 Å². The van der Waals surface area contributed by atoms with E-state index in [9.17, 15) is 0 Å². The SMILES string of the molecule is CCCCCCCCCCCCCCCCCCCCCCCCCCCC[CH]c1ncncn1. The molecule has 1 radical (unpaired) electrons. The summed E-state index contributed by atoms with van der Waals surface area (Å²) in [5.41, 5.74) is 0. The molecule has 0 atom stereocenters. The molecule has 0 aliphatic rings. The van der Waals surface area contributed by atoms with Crippen LogP contribution in [0.5, 0.6) is 0 Å². The molecule has 203 valence electrons. The average molecular weight is 487 g/mol. The Morgan fingerprint density at radius 2 is 0.714 bits per heavy atom. The van der Waals surface area contributed by atoms with Crippen LogP contribution in [0.3, 0.4) is 0 Å². The number of hydrogen-bond acceptors (Lipinski definition) is 3. The van der Waals surface area contributed by atoms with E-state index >= 15 is 0 Å². The van der Waals surface area contributed by atoms with Crippen molar-refractivity contribution in [2.24, 2.45) is 0 Å². The summed E-state index contributed by atoms with van der Waals surface area (Å²) in [5.74, 6) is 0.819. The van der Waals surface area contributed by atoms with Crippen LogP contribution in [0.1, 0.15) is 186 Å². The quantitative estimate of drug-likeness (QED) is 0.110. The molecule has 1 aromatic heterocycles. The lowest BCUT2D eigenvalue weighted by molar-refractivity contribution is 0.515. The van der Waals surface area contributed by atoms with Gasteiger partial charge >= 0.3 is 0 Å². The van der Waals surface area contributed by atoms with Crippen LogP contribution in [0.25, 0.3) is 0 Å². The molecule has 0 unspecified atom stereocenters. The fourth-order valence-corrected chi connectivity index (χ4v) is 5.04. The van der Waals surface area contributed by atoms with Crippen LogP contribution < -0.4 is 0 Å². The molecule has 0 aliphatic carbocycles. The van der Waals surface area contributed by atoms with Crippen molar-refractivity contribution < 1.29 is 0 Å². The summed E-state index contributed by atoms with van der Waals surface area (Å²) in [6, 6.07) is 0. The molecule has 0 saturated heterocycles. The minimum Gasteiger partial charge on any atom is -0.225 e. The van der Waals surface area contributed by atoms with E-state index in [4.69, 9.17) is 0 Å². The van der Waals surface area contributed by atoms with E-state index in [0.717, 1.165) is 12.2 Å². The fraction of sp³-hybridized carbons (Fsp3) is 0.875. The Balaban J connectivity index is 1.63. The lowest BCUT2D eigenvalue weighted by Gasteiger charge is -2.04. The van der Waals surface area contributed by atoms with Crippen molar-refractivity contribution in [2.45, 2.75) is 180 Å². The lowest BCUT2D eigenvalue weighted by atomic mass is 10.0. The van der Waals surface area contributed by atoms with Crippen molar-refractivity contribution in [3.05, 3.63) is 24.9 Å². The molecule has 0 spiro atoms. The lowest BCUT2D eigenvalue weighted by Crippen LogP contribution is -1.92. The minimum absolute atomic E-state index is 0.819. The molecule has 35 heavy (non-hydrogen) atoms. The molecule has 3 heteroatoms. The van der Waals surface area contributed by atoms with Crippen LogP contribution in [-0.4, -0.2) is 15.0 Å². The van der Waals surface area contributed by atoms with Gasteiger partial charge in [0, 0.05) is 6.42 Å². The van der Waals surface area contributed by atoms with Gasteiger partial charge in [0.2, 0.25) is 0 Å². The highest BCUT2D eigenvalue weighted by Crippen LogP contribution is 2.16. The van der Waals surface area contributed by atoms with E-state index in [0.29, 0.717) is 0 Å². The fourth-order valence-electron chi connectivity index (χ4n) is 5.04.